The van der Waals surface area contributed by atoms with Gasteiger partial charge in [-0.1, -0.05) is 54.1 Å². The van der Waals surface area contributed by atoms with Gasteiger partial charge in [-0.05, 0) is 49.6 Å². The summed E-state index contributed by atoms with van der Waals surface area (Å²) in [4.78, 5) is 24.8. The first-order chi connectivity index (χ1) is 15.4. The zero-order valence-electron chi connectivity index (χ0n) is 17.7. The van der Waals surface area contributed by atoms with Gasteiger partial charge in [0.1, 0.15) is 0 Å². The van der Waals surface area contributed by atoms with Gasteiger partial charge in [-0.15, -0.1) is 0 Å². The van der Waals surface area contributed by atoms with Crippen molar-refractivity contribution in [3.63, 3.8) is 0 Å². The van der Waals surface area contributed by atoms with Crippen LogP contribution in [0.5, 0.6) is 0 Å². The molecule has 1 heterocycles. The van der Waals surface area contributed by atoms with Crippen molar-refractivity contribution in [1.82, 2.24) is 0 Å². The lowest BCUT2D eigenvalue weighted by Gasteiger charge is -2.30. The number of fused-ring (bicyclic) bond motifs is 1. The van der Waals surface area contributed by atoms with Gasteiger partial charge in [-0.25, -0.2) is 13.2 Å². The monoisotopic (exact) mass is 449 g/mol. The second kappa shape index (κ2) is 8.96. The van der Waals surface area contributed by atoms with Crippen molar-refractivity contribution in [1.29, 1.82) is 0 Å². The summed E-state index contributed by atoms with van der Waals surface area (Å²) >= 11 is 0. The molecule has 0 fully saturated rings. The number of carbonyl (C=O) groups is 2. The van der Waals surface area contributed by atoms with Crippen LogP contribution in [0.1, 0.15) is 38.3 Å². The average molecular weight is 450 g/mol. The van der Waals surface area contributed by atoms with E-state index in [4.69, 9.17) is 4.74 Å². The van der Waals surface area contributed by atoms with Crippen LogP contribution in [-0.4, -0.2) is 33.3 Å². The van der Waals surface area contributed by atoms with Crippen molar-refractivity contribution in [3.8, 4) is 0 Å². The molecule has 3 aromatic carbocycles. The molecule has 0 aliphatic carbocycles. The average Bonchev–Trinajstić information content (AvgIpc) is 2.82. The molecular weight excluding hydrogens is 426 g/mol. The molecule has 0 atom stereocenters. The van der Waals surface area contributed by atoms with E-state index < -0.39 is 22.6 Å². The van der Waals surface area contributed by atoms with Crippen LogP contribution in [0.25, 0.3) is 0 Å². The molecule has 32 heavy (non-hydrogen) atoms. The number of Topliss-reactive ketones (excluding diaryl/α,β-unsaturated/α-hetero) is 1. The number of esters is 1. The third-order valence-electron chi connectivity index (χ3n) is 5.43. The van der Waals surface area contributed by atoms with Gasteiger partial charge in [0.05, 0.1) is 16.1 Å². The van der Waals surface area contributed by atoms with Crippen molar-refractivity contribution in [2.75, 3.05) is 17.5 Å². The lowest BCUT2D eigenvalue weighted by molar-refractivity contribution is 0.0474. The Bertz CT molecular complexity index is 1270. The van der Waals surface area contributed by atoms with Crippen LogP contribution in [0.3, 0.4) is 0 Å². The molecule has 164 valence electrons. The van der Waals surface area contributed by atoms with Crippen molar-refractivity contribution >= 4 is 27.5 Å². The van der Waals surface area contributed by atoms with Crippen molar-refractivity contribution in [3.05, 3.63) is 95.1 Å². The summed E-state index contributed by atoms with van der Waals surface area (Å²) in [5, 5.41) is 0. The highest BCUT2D eigenvalue weighted by molar-refractivity contribution is 7.92. The summed E-state index contributed by atoms with van der Waals surface area (Å²) in [5.74, 6) is -1.08. The summed E-state index contributed by atoms with van der Waals surface area (Å²) in [5.41, 5.74) is 3.19. The zero-order valence-corrected chi connectivity index (χ0v) is 18.5. The van der Waals surface area contributed by atoms with E-state index >= 15 is 0 Å². The molecule has 0 N–H and O–H groups in total. The van der Waals surface area contributed by atoms with E-state index in [1.54, 1.807) is 18.2 Å². The van der Waals surface area contributed by atoms with Crippen LogP contribution in [-0.2, 0) is 21.2 Å². The predicted octanol–water partition coefficient (Wildman–Crippen LogP) is 4.18. The fourth-order valence-electron chi connectivity index (χ4n) is 3.70. The van der Waals surface area contributed by atoms with Gasteiger partial charge in [-0.3, -0.25) is 9.10 Å². The van der Waals surface area contributed by atoms with Gasteiger partial charge in [0.15, 0.2) is 12.4 Å². The number of sulfonamides is 1. The number of rotatable bonds is 6. The Morgan fingerprint density at radius 3 is 2.47 bits per heavy atom. The molecule has 1 aliphatic heterocycles. The highest BCUT2D eigenvalue weighted by atomic mass is 32.2. The lowest BCUT2D eigenvalue weighted by atomic mass is 10.0. The summed E-state index contributed by atoms with van der Waals surface area (Å²) in [6.45, 7) is 1.87. The smallest absolute Gasteiger partial charge is 0.338 e. The molecule has 7 heteroatoms. The van der Waals surface area contributed by atoms with E-state index in [0.29, 0.717) is 17.8 Å². The first-order valence-corrected chi connectivity index (χ1v) is 11.8. The Morgan fingerprint density at radius 2 is 1.69 bits per heavy atom. The molecule has 6 nitrogen and oxygen atoms in total. The number of nitrogens with zero attached hydrogens (tertiary/aromatic N) is 1. The fraction of sp³-hybridized carbons (Fsp3) is 0.200. The standard InChI is InChI=1S/C25H23NO5S/c1-18-11-13-20(14-12-18)24(27)17-31-25(28)21-7-4-9-22(16-21)32(29,30)26-15-5-8-19-6-2-3-10-23(19)26/h2-4,6-7,9-14,16H,5,8,15,17H2,1H3. The van der Waals surface area contributed by atoms with Gasteiger partial charge in [0, 0.05) is 12.1 Å². The molecule has 0 aromatic heterocycles. The summed E-state index contributed by atoms with van der Waals surface area (Å²) < 4.78 is 33.2. The summed E-state index contributed by atoms with van der Waals surface area (Å²) in [6.07, 6.45) is 1.54. The topological polar surface area (TPSA) is 80.8 Å². The summed E-state index contributed by atoms with van der Waals surface area (Å²) in [6, 6.07) is 20.1. The van der Waals surface area contributed by atoms with Crippen molar-refractivity contribution < 1.29 is 22.7 Å². The van der Waals surface area contributed by atoms with Gasteiger partial charge in [0.2, 0.25) is 0 Å². The number of benzene rings is 3. The largest absolute Gasteiger partial charge is 0.454 e. The van der Waals surface area contributed by atoms with Gasteiger partial charge >= 0.3 is 5.97 Å². The number of ether oxygens (including phenoxy) is 1. The minimum absolute atomic E-state index is 0.00788. The van der Waals surface area contributed by atoms with Crippen LogP contribution < -0.4 is 4.31 Å². The Balaban J connectivity index is 1.51. The Morgan fingerprint density at radius 1 is 0.938 bits per heavy atom. The van der Waals surface area contributed by atoms with Crippen LogP contribution in [0.15, 0.2) is 77.7 Å². The third kappa shape index (κ3) is 4.43. The van der Waals surface area contributed by atoms with Crippen LogP contribution >= 0.6 is 0 Å². The number of para-hydroxylation sites is 1. The Kier molecular flexibility index (Phi) is 6.10. The molecular formula is C25H23NO5S. The molecule has 0 unspecified atom stereocenters. The molecule has 0 saturated carbocycles. The predicted molar refractivity (Wildman–Crippen MR) is 122 cm³/mol. The van der Waals surface area contributed by atoms with Crippen LogP contribution in [0.4, 0.5) is 5.69 Å². The number of carbonyl (C=O) groups excluding carboxylic acids is 2. The second-order valence-electron chi connectivity index (χ2n) is 7.70. The summed E-state index contributed by atoms with van der Waals surface area (Å²) in [7, 11) is -3.85. The minimum Gasteiger partial charge on any atom is -0.454 e. The number of hydrogen-bond donors (Lipinski definition) is 0. The Hall–Kier alpha value is -3.45. The molecule has 0 saturated heterocycles. The highest BCUT2D eigenvalue weighted by Gasteiger charge is 2.29. The van der Waals surface area contributed by atoms with E-state index in [0.717, 1.165) is 24.0 Å². The molecule has 3 aromatic rings. The highest BCUT2D eigenvalue weighted by Crippen LogP contribution is 2.32. The third-order valence-corrected chi connectivity index (χ3v) is 7.24. The van der Waals surface area contributed by atoms with E-state index in [-0.39, 0.29) is 16.2 Å². The quantitative estimate of drug-likeness (QED) is 0.417. The lowest BCUT2D eigenvalue weighted by Crippen LogP contribution is -2.35. The van der Waals surface area contributed by atoms with Gasteiger partial charge < -0.3 is 4.74 Å². The van der Waals surface area contributed by atoms with Crippen molar-refractivity contribution in [2.45, 2.75) is 24.7 Å². The van der Waals surface area contributed by atoms with E-state index in [1.807, 2.05) is 37.3 Å². The molecule has 0 bridgehead atoms. The first kappa shape index (κ1) is 21.8. The van der Waals surface area contributed by atoms with E-state index in [2.05, 4.69) is 0 Å². The fourth-order valence-corrected chi connectivity index (χ4v) is 5.28. The Labute approximate surface area is 187 Å². The normalized spacial score (nSPS) is 13.3. The molecule has 0 radical (unpaired) electrons. The first-order valence-electron chi connectivity index (χ1n) is 10.3. The van der Waals surface area contributed by atoms with Gasteiger partial charge in [0.25, 0.3) is 10.0 Å². The molecule has 0 spiro atoms. The van der Waals surface area contributed by atoms with Crippen LogP contribution in [0.2, 0.25) is 0 Å². The van der Waals surface area contributed by atoms with Crippen LogP contribution in [0, 0.1) is 6.92 Å². The number of ketones is 1. The number of anilines is 1. The molecule has 1 aliphatic rings. The molecule has 4 rings (SSSR count). The SMILES string of the molecule is Cc1ccc(C(=O)COC(=O)c2cccc(S(=O)(=O)N3CCCc4ccccc43)c2)cc1. The number of aryl methyl sites for hydroxylation is 2. The van der Waals surface area contributed by atoms with E-state index in [9.17, 15) is 18.0 Å². The van der Waals surface area contributed by atoms with Crippen molar-refractivity contribution in [2.24, 2.45) is 0 Å². The molecule has 0 amide bonds. The maximum absolute atomic E-state index is 13.3. The van der Waals surface area contributed by atoms with E-state index in [1.165, 1.54) is 28.6 Å². The zero-order chi connectivity index (χ0) is 22.7. The maximum atomic E-state index is 13.3. The minimum atomic E-state index is -3.85. The van der Waals surface area contributed by atoms with Gasteiger partial charge in [-0.2, -0.15) is 0 Å². The maximum Gasteiger partial charge on any atom is 0.338 e. The second-order valence-corrected chi connectivity index (χ2v) is 9.56. The number of hydrogen-bond acceptors (Lipinski definition) is 5.